The molecule has 0 aliphatic heterocycles. The van der Waals surface area contributed by atoms with Crippen molar-refractivity contribution in [3.8, 4) is 11.1 Å². The summed E-state index contributed by atoms with van der Waals surface area (Å²) in [4.78, 5) is 11.4. The minimum Gasteiger partial charge on any atom is -0.469 e. The molecule has 0 heterocycles. The molecular weight excluding hydrogens is 344 g/mol. The molecule has 5 rings (SSSR count). The first kappa shape index (κ1) is 18.0. The summed E-state index contributed by atoms with van der Waals surface area (Å²) in [5, 5.41) is 0. The Hall–Kier alpha value is -2.09. The van der Waals surface area contributed by atoms with E-state index in [1.54, 1.807) is 5.56 Å². The Bertz CT molecular complexity index is 847. The van der Waals surface area contributed by atoms with Crippen molar-refractivity contribution in [2.24, 2.45) is 17.8 Å². The minimum atomic E-state index is -0.191. The second-order valence-electron chi connectivity index (χ2n) is 9.47. The van der Waals surface area contributed by atoms with Crippen molar-refractivity contribution >= 4 is 5.97 Å². The maximum Gasteiger partial charge on any atom is 0.309 e. The molecule has 0 spiro atoms. The molecule has 0 aromatic heterocycles. The maximum absolute atomic E-state index is 11.4. The van der Waals surface area contributed by atoms with E-state index < -0.39 is 0 Å². The van der Waals surface area contributed by atoms with Crippen LogP contribution in [-0.2, 0) is 21.4 Å². The van der Waals surface area contributed by atoms with Gasteiger partial charge in [-0.05, 0) is 71.1 Å². The Labute approximate surface area is 168 Å². The summed E-state index contributed by atoms with van der Waals surface area (Å²) in [6, 6.07) is 17.7. The predicted molar refractivity (Wildman–Crippen MR) is 112 cm³/mol. The van der Waals surface area contributed by atoms with Crippen molar-refractivity contribution in [3.63, 3.8) is 0 Å². The third kappa shape index (κ3) is 3.17. The number of ether oxygens (including phenoxy) is 1. The fourth-order valence-electron chi connectivity index (χ4n) is 6.58. The first-order valence-corrected chi connectivity index (χ1v) is 10.9. The standard InChI is InChI=1S/C26H30O2/c1-28-25(27)14-18-5-7-20(8-6-18)21-9-11-24(12-10-21)26-15-19-3-2-4-22(16-26)23(13-19)17-26/h5-12,19,22-23H,2-4,13-17H2,1H3. The quantitative estimate of drug-likeness (QED) is 0.620. The zero-order valence-electron chi connectivity index (χ0n) is 16.8. The second kappa shape index (κ2) is 7.06. The summed E-state index contributed by atoms with van der Waals surface area (Å²) in [7, 11) is 1.43. The van der Waals surface area contributed by atoms with E-state index >= 15 is 0 Å². The number of benzene rings is 2. The van der Waals surface area contributed by atoms with Gasteiger partial charge in [0.2, 0.25) is 0 Å². The number of carbonyl (C=O) groups is 1. The summed E-state index contributed by atoms with van der Waals surface area (Å²) in [5.41, 5.74) is 5.51. The Balaban J connectivity index is 1.36. The largest absolute Gasteiger partial charge is 0.469 e. The van der Waals surface area contributed by atoms with Crippen molar-refractivity contribution in [3.05, 3.63) is 59.7 Å². The molecule has 4 unspecified atom stereocenters. The molecule has 28 heavy (non-hydrogen) atoms. The van der Waals surface area contributed by atoms with Gasteiger partial charge in [0.1, 0.15) is 0 Å². The number of methoxy groups -OCH3 is 1. The monoisotopic (exact) mass is 374 g/mol. The minimum absolute atomic E-state index is 0.191. The van der Waals surface area contributed by atoms with Crippen molar-refractivity contribution < 1.29 is 9.53 Å². The number of fused-ring (bicyclic) bond motifs is 2. The molecule has 0 N–H and O–H groups in total. The highest BCUT2D eigenvalue weighted by atomic mass is 16.5. The van der Waals surface area contributed by atoms with Gasteiger partial charge in [0, 0.05) is 0 Å². The van der Waals surface area contributed by atoms with Crippen LogP contribution < -0.4 is 0 Å². The van der Waals surface area contributed by atoms with Gasteiger partial charge in [-0.1, -0.05) is 67.8 Å². The van der Waals surface area contributed by atoms with Gasteiger partial charge >= 0.3 is 5.97 Å². The fourth-order valence-corrected chi connectivity index (χ4v) is 6.58. The van der Waals surface area contributed by atoms with Gasteiger partial charge in [0.25, 0.3) is 0 Å². The highest BCUT2D eigenvalue weighted by molar-refractivity contribution is 5.73. The summed E-state index contributed by atoms with van der Waals surface area (Å²) in [6.07, 6.45) is 10.5. The molecular formula is C26H30O2. The van der Waals surface area contributed by atoms with Gasteiger partial charge in [-0.25, -0.2) is 0 Å². The lowest BCUT2D eigenvalue weighted by atomic mass is 9.66. The van der Waals surface area contributed by atoms with E-state index in [0.29, 0.717) is 11.8 Å². The molecule has 3 saturated carbocycles. The van der Waals surface area contributed by atoms with Crippen LogP contribution in [0.4, 0.5) is 0 Å². The zero-order chi connectivity index (χ0) is 19.1. The molecule has 3 fully saturated rings. The Morgan fingerprint density at radius 3 is 2.32 bits per heavy atom. The van der Waals surface area contributed by atoms with E-state index in [-0.39, 0.29) is 5.97 Å². The van der Waals surface area contributed by atoms with Crippen LogP contribution >= 0.6 is 0 Å². The lowest BCUT2D eigenvalue weighted by Gasteiger charge is -2.38. The van der Waals surface area contributed by atoms with Gasteiger partial charge in [-0.2, -0.15) is 0 Å². The molecule has 2 heteroatoms. The zero-order valence-corrected chi connectivity index (χ0v) is 16.8. The highest BCUT2D eigenvalue weighted by Crippen LogP contribution is 2.60. The molecule has 3 aliphatic carbocycles. The first-order chi connectivity index (χ1) is 13.6. The molecule has 146 valence electrons. The number of esters is 1. The molecule has 2 aromatic rings. The summed E-state index contributed by atoms with van der Waals surface area (Å²) < 4.78 is 4.75. The van der Waals surface area contributed by atoms with Crippen molar-refractivity contribution in [1.82, 2.24) is 0 Å². The lowest BCUT2D eigenvalue weighted by Crippen LogP contribution is -2.30. The number of hydrogen-bond donors (Lipinski definition) is 0. The van der Waals surface area contributed by atoms with Crippen LogP contribution in [0, 0.1) is 17.8 Å². The van der Waals surface area contributed by atoms with Crippen LogP contribution in [0.2, 0.25) is 0 Å². The van der Waals surface area contributed by atoms with E-state index in [0.717, 1.165) is 23.3 Å². The van der Waals surface area contributed by atoms with Crippen molar-refractivity contribution in [2.45, 2.75) is 56.8 Å². The van der Waals surface area contributed by atoms with Crippen LogP contribution in [0.15, 0.2) is 48.5 Å². The van der Waals surface area contributed by atoms with Gasteiger partial charge in [-0.3, -0.25) is 4.79 Å². The van der Waals surface area contributed by atoms with Crippen LogP contribution in [0.5, 0.6) is 0 Å². The Morgan fingerprint density at radius 2 is 1.61 bits per heavy atom. The Kier molecular flexibility index (Phi) is 4.53. The molecule has 3 aliphatic rings. The average molecular weight is 375 g/mol. The predicted octanol–water partition coefficient (Wildman–Crippen LogP) is 5.93. The first-order valence-electron chi connectivity index (χ1n) is 10.9. The molecule has 0 amide bonds. The molecule has 3 bridgehead atoms. The topological polar surface area (TPSA) is 26.3 Å². The number of hydrogen-bond acceptors (Lipinski definition) is 2. The van der Waals surface area contributed by atoms with E-state index in [4.69, 9.17) is 4.74 Å². The third-order valence-electron chi connectivity index (χ3n) is 7.84. The molecule has 2 nitrogen and oxygen atoms in total. The highest BCUT2D eigenvalue weighted by Gasteiger charge is 2.51. The Morgan fingerprint density at radius 1 is 0.929 bits per heavy atom. The molecule has 0 saturated heterocycles. The van der Waals surface area contributed by atoms with Crippen LogP contribution in [-0.4, -0.2) is 13.1 Å². The molecule has 0 radical (unpaired) electrons. The average Bonchev–Trinajstić information content (AvgIpc) is 2.90. The van der Waals surface area contributed by atoms with Gasteiger partial charge in [-0.15, -0.1) is 0 Å². The molecule has 2 aromatic carbocycles. The number of carbonyl (C=O) groups excluding carboxylic acids is 1. The summed E-state index contributed by atoms with van der Waals surface area (Å²) in [6.45, 7) is 0. The lowest BCUT2D eigenvalue weighted by molar-refractivity contribution is -0.139. The summed E-state index contributed by atoms with van der Waals surface area (Å²) in [5.74, 6) is 2.74. The van der Waals surface area contributed by atoms with Crippen LogP contribution in [0.25, 0.3) is 11.1 Å². The van der Waals surface area contributed by atoms with E-state index in [2.05, 4.69) is 36.4 Å². The molecule has 4 atom stereocenters. The van der Waals surface area contributed by atoms with Crippen LogP contribution in [0.1, 0.15) is 56.1 Å². The SMILES string of the molecule is COC(=O)Cc1ccc(-c2ccc(C34CC5CCCC(C3)C(C5)C4)cc2)cc1. The van der Waals surface area contributed by atoms with E-state index in [1.165, 1.54) is 63.2 Å². The van der Waals surface area contributed by atoms with Crippen molar-refractivity contribution in [1.29, 1.82) is 0 Å². The summed E-state index contributed by atoms with van der Waals surface area (Å²) >= 11 is 0. The van der Waals surface area contributed by atoms with Gasteiger partial charge < -0.3 is 4.74 Å². The van der Waals surface area contributed by atoms with Crippen molar-refractivity contribution in [2.75, 3.05) is 7.11 Å². The van der Waals surface area contributed by atoms with Gasteiger partial charge in [0.05, 0.1) is 13.5 Å². The fraction of sp³-hybridized carbons (Fsp3) is 0.500. The van der Waals surface area contributed by atoms with Crippen LogP contribution in [0.3, 0.4) is 0 Å². The second-order valence-corrected chi connectivity index (χ2v) is 9.47. The normalized spacial score (nSPS) is 30.8. The van der Waals surface area contributed by atoms with E-state index in [9.17, 15) is 4.79 Å². The van der Waals surface area contributed by atoms with E-state index in [1.807, 2.05) is 12.1 Å². The van der Waals surface area contributed by atoms with Gasteiger partial charge in [0.15, 0.2) is 0 Å². The maximum atomic E-state index is 11.4. The number of rotatable bonds is 4. The smallest absolute Gasteiger partial charge is 0.309 e. The third-order valence-corrected chi connectivity index (χ3v) is 7.84.